The summed E-state index contributed by atoms with van der Waals surface area (Å²) in [6.07, 6.45) is 1.85. The lowest BCUT2D eigenvalue weighted by molar-refractivity contribution is -0.384. The van der Waals surface area contributed by atoms with Crippen LogP contribution in [0.5, 0.6) is 5.75 Å². The van der Waals surface area contributed by atoms with E-state index in [0.29, 0.717) is 12.5 Å². The topological polar surface area (TPSA) is 108 Å². The number of carbonyl (C=O) groups excluding carboxylic acids is 1. The number of benzene rings is 1. The summed E-state index contributed by atoms with van der Waals surface area (Å²) in [5.41, 5.74) is -0.0921. The molecular weight excluding hydrogens is 323 g/mol. The van der Waals surface area contributed by atoms with Gasteiger partial charge < -0.3 is 4.74 Å². The number of rotatable bonds is 10. The van der Waals surface area contributed by atoms with Crippen molar-refractivity contribution in [1.29, 1.82) is 0 Å². The van der Waals surface area contributed by atoms with Gasteiger partial charge in [0.15, 0.2) is 5.75 Å². The van der Waals surface area contributed by atoms with Crippen LogP contribution < -0.4 is 9.61 Å². The Hall–Kier alpha value is -2.05. The molecule has 0 saturated heterocycles. The summed E-state index contributed by atoms with van der Waals surface area (Å²) < 4.78 is 21.8. The summed E-state index contributed by atoms with van der Waals surface area (Å²) in [5.74, 6) is 0.0197. The maximum absolute atomic E-state index is 11.7. The van der Waals surface area contributed by atoms with Crippen LogP contribution in [-0.2, 0) is 14.1 Å². The number of non-ortho nitro benzene ring substituents is 1. The molecule has 8 nitrogen and oxygen atoms in total. The summed E-state index contributed by atoms with van der Waals surface area (Å²) in [7, 11) is -2.32. The van der Waals surface area contributed by atoms with E-state index in [2.05, 4.69) is 5.09 Å². The molecule has 1 rings (SSSR count). The van der Waals surface area contributed by atoms with Gasteiger partial charge in [-0.1, -0.05) is 31.8 Å². The highest BCUT2D eigenvalue weighted by Gasteiger charge is 2.22. The Morgan fingerprint density at radius 2 is 1.91 bits per heavy atom. The van der Waals surface area contributed by atoms with Gasteiger partial charge in [-0.2, -0.15) is 0 Å². The SMILES string of the molecule is CCC(CC)COC(=O)CN[P+](=O)Oc1ccc([N+](=O)[O-])cc1. The predicted molar refractivity (Wildman–Crippen MR) is 84.4 cm³/mol. The van der Waals surface area contributed by atoms with Gasteiger partial charge in [0.05, 0.1) is 11.5 Å². The first-order valence-electron chi connectivity index (χ1n) is 7.25. The average molecular weight is 343 g/mol. The largest absolute Gasteiger partial charge is 0.664 e. The molecule has 1 aromatic carbocycles. The molecule has 126 valence electrons. The molecule has 0 aliphatic heterocycles. The zero-order chi connectivity index (χ0) is 17.2. The second-order valence-electron chi connectivity index (χ2n) is 4.80. The number of nitrogens with one attached hydrogen (secondary N) is 1. The lowest BCUT2D eigenvalue weighted by Crippen LogP contribution is -2.22. The number of esters is 1. The Bertz CT molecular complexity index is 545. The number of hydrogen-bond donors (Lipinski definition) is 1. The van der Waals surface area contributed by atoms with Crippen molar-refractivity contribution < 1.29 is 23.5 Å². The van der Waals surface area contributed by atoms with Crippen LogP contribution in [0.1, 0.15) is 26.7 Å². The highest BCUT2D eigenvalue weighted by Crippen LogP contribution is 2.25. The Kier molecular flexibility index (Phi) is 8.15. The number of carbonyl (C=O) groups is 1. The lowest BCUT2D eigenvalue weighted by atomic mass is 10.1. The normalized spacial score (nSPS) is 11.2. The van der Waals surface area contributed by atoms with Gasteiger partial charge in [-0.15, -0.1) is 0 Å². The maximum atomic E-state index is 11.7. The first-order chi connectivity index (χ1) is 11.0. The number of nitro benzene ring substituents is 1. The van der Waals surface area contributed by atoms with E-state index in [1.165, 1.54) is 24.3 Å². The zero-order valence-electron chi connectivity index (χ0n) is 13.1. The van der Waals surface area contributed by atoms with Crippen LogP contribution in [0.3, 0.4) is 0 Å². The average Bonchev–Trinajstić information content (AvgIpc) is 2.54. The summed E-state index contributed by atoms with van der Waals surface area (Å²) in [6, 6.07) is 5.14. The summed E-state index contributed by atoms with van der Waals surface area (Å²) in [5, 5.41) is 12.9. The number of nitro groups is 1. The fourth-order valence-corrected chi connectivity index (χ4v) is 2.31. The Balaban J connectivity index is 2.33. The van der Waals surface area contributed by atoms with E-state index in [1.54, 1.807) is 0 Å². The number of ether oxygens (including phenoxy) is 1. The van der Waals surface area contributed by atoms with E-state index in [4.69, 9.17) is 9.26 Å². The van der Waals surface area contributed by atoms with Crippen LogP contribution in [0.15, 0.2) is 24.3 Å². The number of nitrogens with zero attached hydrogens (tertiary/aromatic N) is 1. The van der Waals surface area contributed by atoms with Crippen LogP contribution in [0.25, 0.3) is 0 Å². The van der Waals surface area contributed by atoms with Gasteiger partial charge in [-0.3, -0.25) is 14.9 Å². The van der Waals surface area contributed by atoms with Crippen molar-refractivity contribution in [3.8, 4) is 5.75 Å². The van der Waals surface area contributed by atoms with Crippen molar-refractivity contribution in [2.45, 2.75) is 26.7 Å². The first kappa shape index (κ1) is 19.0. The summed E-state index contributed by atoms with van der Waals surface area (Å²) in [6.45, 7) is 4.15. The van der Waals surface area contributed by atoms with Crippen LogP contribution in [0, 0.1) is 16.0 Å². The van der Waals surface area contributed by atoms with Gasteiger partial charge in [0.1, 0.15) is 6.54 Å². The third kappa shape index (κ3) is 7.17. The Morgan fingerprint density at radius 1 is 1.30 bits per heavy atom. The highest BCUT2D eigenvalue weighted by atomic mass is 31.1. The smallest absolute Gasteiger partial charge is 0.464 e. The van der Waals surface area contributed by atoms with E-state index >= 15 is 0 Å². The van der Waals surface area contributed by atoms with Crippen LogP contribution >= 0.6 is 8.18 Å². The molecule has 1 N–H and O–H groups in total. The van der Waals surface area contributed by atoms with Crippen molar-refractivity contribution in [1.82, 2.24) is 5.09 Å². The predicted octanol–water partition coefficient (Wildman–Crippen LogP) is 3.20. The maximum Gasteiger partial charge on any atom is 0.664 e. The van der Waals surface area contributed by atoms with Crippen LogP contribution in [-0.4, -0.2) is 24.0 Å². The minimum Gasteiger partial charge on any atom is -0.464 e. The zero-order valence-corrected chi connectivity index (χ0v) is 14.0. The molecule has 23 heavy (non-hydrogen) atoms. The van der Waals surface area contributed by atoms with E-state index in [1.807, 2.05) is 13.8 Å². The van der Waals surface area contributed by atoms with Gasteiger partial charge in [0, 0.05) is 16.7 Å². The molecule has 1 unspecified atom stereocenters. The van der Waals surface area contributed by atoms with E-state index in [-0.39, 0.29) is 18.0 Å². The van der Waals surface area contributed by atoms with Crippen molar-refractivity contribution in [3.05, 3.63) is 34.4 Å². The first-order valence-corrected chi connectivity index (χ1v) is 8.42. The second kappa shape index (κ2) is 9.86. The van der Waals surface area contributed by atoms with Gasteiger partial charge >= 0.3 is 14.1 Å². The summed E-state index contributed by atoms with van der Waals surface area (Å²) in [4.78, 5) is 21.5. The van der Waals surface area contributed by atoms with E-state index < -0.39 is 19.1 Å². The standard InChI is InChI=1S/C14H20N2O6P/c1-3-11(4-2)10-21-14(17)9-15-23(20)22-13-7-5-12(6-8-13)16(18)19/h5-8,11H,3-4,9-10H2,1-2H3,(H,15,20)/q+1. The van der Waals surface area contributed by atoms with Gasteiger partial charge in [-0.05, 0) is 18.1 Å². The van der Waals surface area contributed by atoms with E-state index in [0.717, 1.165) is 12.8 Å². The van der Waals surface area contributed by atoms with Crippen LogP contribution in [0.2, 0.25) is 0 Å². The molecule has 0 bridgehead atoms. The Morgan fingerprint density at radius 3 is 2.43 bits per heavy atom. The fraction of sp³-hybridized carbons (Fsp3) is 0.500. The van der Waals surface area contributed by atoms with Gasteiger partial charge in [0.2, 0.25) is 0 Å². The van der Waals surface area contributed by atoms with Crippen molar-refractivity contribution in [3.63, 3.8) is 0 Å². The molecule has 0 amide bonds. The molecule has 1 atom stereocenters. The third-order valence-corrected chi connectivity index (χ3v) is 4.02. The quantitative estimate of drug-likeness (QED) is 0.301. The van der Waals surface area contributed by atoms with E-state index in [9.17, 15) is 19.5 Å². The second-order valence-corrected chi connectivity index (χ2v) is 5.81. The highest BCUT2D eigenvalue weighted by molar-refractivity contribution is 7.37. The van der Waals surface area contributed by atoms with Crippen molar-refractivity contribution in [2.24, 2.45) is 5.92 Å². The third-order valence-electron chi connectivity index (χ3n) is 3.22. The molecule has 9 heteroatoms. The molecule has 0 radical (unpaired) electrons. The molecule has 0 aliphatic rings. The monoisotopic (exact) mass is 343 g/mol. The minimum atomic E-state index is -2.32. The van der Waals surface area contributed by atoms with Gasteiger partial charge in [-0.25, -0.2) is 4.52 Å². The van der Waals surface area contributed by atoms with Crippen molar-refractivity contribution in [2.75, 3.05) is 13.2 Å². The van der Waals surface area contributed by atoms with Crippen LogP contribution in [0.4, 0.5) is 5.69 Å². The Labute approximate surface area is 135 Å². The number of hydrogen-bond acceptors (Lipinski definition) is 6. The fourth-order valence-electron chi connectivity index (χ4n) is 1.67. The van der Waals surface area contributed by atoms with Crippen molar-refractivity contribution >= 4 is 19.8 Å². The van der Waals surface area contributed by atoms with Gasteiger partial charge in [0.25, 0.3) is 5.69 Å². The molecule has 0 spiro atoms. The molecule has 0 fully saturated rings. The summed E-state index contributed by atoms with van der Waals surface area (Å²) >= 11 is 0. The molecular formula is C14H20N2O6P+. The molecule has 1 aromatic rings. The minimum absolute atomic E-state index is 0.0921. The lowest BCUT2D eigenvalue weighted by Gasteiger charge is -2.11. The molecule has 0 saturated carbocycles. The molecule has 0 heterocycles. The molecule has 0 aliphatic carbocycles. The molecule has 0 aromatic heterocycles.